The highest BCUT2D eigenvalue weighted by Crippen LogP contribution is 1.96. The van der Waals surface area contributed by atoms with Crippen LogP contribution in [0.3, 0.4) is 0 Å². The van der Waals surface area contributed by atoms with Gasteiger partial charge in [-0.2, -0.15) is 8.42 Å². The van der Waals surface area contributed by atoms with E-state index in [1.165, 1.54) is 6.92 Å². The first-order valence-corrected chi connectivity index (χ1v) is 5.21. The van der Waals surface area contributed by atoms with Crippen molar-refractivity contribution in [2.75, 3.05) is 13.2 Å². The first kappa shape index (κ1) is 14.0. The molecule has 88 valence electrons. The minimum absolute atomic E-state index is 0.151. The van der Waals surface area contributed by atoms with E-state index in [1.807, 2.05) is 0 Å². The van der Waals surface area contributed by atoms with Crippen molar-refractivity contribution >= 4 is 16.4 Å². The molecule has 0 rings (SSSR count). The Bertz CT molecular complexity index is 331. The minimum Gasteiger partial charge on any atom is -0.460 e. The SMILES string of the molecule is C=C(C)C(=O)OCC(O)COS(=O)(=O)O. The normalized spacial score (nSPS) is 13.3. The smallest absolute Gasteiger partial charge is 0.397 e. The number of hydrogen-bond donors (Lipinski definition) is 2. The van der Waals surface area contributed by atoms with Gasteiger partial charge in [-0.3, -0.25) is 4.55 Å². The van der Waals surface area contributed by atoms with E-state index >= 15 is 0 Å². The molecular formula is C7H12O7S. The van der Waals surface area contributed by atoms with Crippen LogP contribution in [0.1, 0.15) is 6.92 Å². The van der Waals surface area contributed by atoms with E-state index in [0.717, 1.165) is 0 Å². The van der Waals surface area contributed by atoms with Crippen molar-refractivity contribution in [2.45, 2.75) is 13.0 Å². The van der Waals surface area contributed by atoms with Gasteiger partial charge in [0.05, 0.1) is 6.61 Å². The molecule has 8 heteroatoms. The number of esters is 1. The van der Waals surface area contributed by atoms with Crippen LogP contribution in [0.4, 0.5) is 0 Å². The molecule has 0 aromatic heterocycles. The lowest BCUT2D eigenvalue weighted by Gasteiger charge is -2.09. The van der Waals surface area contributed by atoms with E-state index in [9.17, 15) is 13.2 Å². The van der Waals surface area contributed by atoms with Gasteiger partial charge in [0.25, 0.3) is 0 Å². The van der Waals surface area contributed by atoms with Crippen molar-refractivity contribution in [3.05, 3.63) is 12.2 Å². The van der Waals surface area contributed by atoms with E-state index in [-0.39, 0.29) is 5.57 Å². The molecule has 0 fully saturated rings. The van der Waals surface area contributed by atoms with Crippen molar-refractivity contribution in [1.29, 1.82) is 0 Å². The second-order valence-electron chi connectivity index (χ2n) is 2.74. The molecule has 7 nitrogen and oxygen atoms in total. The second-order valence-corrected chi connectivity index (χ2v) is 3.84. The standard InChI is InChI=1S/C7H12O7S/c1-5(2)7(9)13-3-6(8)4-14-15(10,11)12/h6,8H,1,3-4H2,2H3,(H,10,11,12). The summed E-state index contributed by atoms with van der Waals surface area (Å²) in [6, 6.07) is 0. The minimum atomic E-state index is -4.59. The average Bonchev–Trinajstić information content (AvgIpc) is 2.09. The van der Waals surface area contributed by atoms with Crippen LogP contribution in [0.15, 0.2) is 12.2 Å². The number of ether oxygens (including phenoxy) is 1. The highest BCUT2D eigenvalue weighted by Gasteiger charge is 2.13. The van der Waals surface area contributed by atoms with Crippen LogP contribution in [-0.2, 0) is 24.1 Å². The third kappa shape index (κ3) is 8.06. The van der Waals surface area contributed by atoms with Gasteiger partial charge in [-0.25, -0.2) is 8.98 Å². The van der Waals surface area contributed by atoms with Crippen molar-refractivity contribution in [3.8, 4) is 0 Å². The maximum absolute atomic E-state index is 10.8. The summed E-state index contributed by atoms with van der Waals surface area (Å²) in [7, 11) is -4.59. The van der Waals surface area contributed by atoms with Crippen LogP contribution in [0.5, 0.6) is 0 Å². The molecule has 0 bridgehead atoms. The van der Waals surface area contributed by atoms with E-state index in [1.54, 1.807) is 0 Å². The summed E-state index contributed by atoms with van der Waals surface area (Å²) in [4.78, 5) is 10.8. The van der Waals surface area contributed by atoms with Gasteiger partial charge in [-0.15, -0.1) is 0 Å². The number of carbonyl (C=O) groups excluding carboxylic acids is 1. The predicted octanol–water partition coefficient (Wildman–Crippen LogP) is -0.714. The zero-order chi connectivity index (χ0) is 12.1. The number of hydrogen-bond acceptors (Lipinski definition) is 6. The van der Waals surface area contributed by atoms with Crippen LogP contribution in [0.2, 0.25) is 0 Å². The van der Waals surface area contributed by atoms with Crippen LogP contribution >= 0.6 is 0 Å². The average molecular weight is 240 g/mol. The van der Waals surface area contributed by atoms with E-state index in [0.29, 0.717) is 0 Å². The molecule has 0 heterocycles. The van der Waals surface area contributed by atoms with Crippen LogP contribution in [-0.4, -0.2) is 43.4 Å². The number of carbonyl (C=O) groups is 1. The Morgan fingerprint density at radius 1 is 1.47 bits per heavy atom. The van der Waals surface area contributed by atoms with Crippen LogP contribution in [0, 0.1) is 0 Å². The molecule has 0 amide bonds. The van der Waals surface area contributed by atoms with Crippen LogP contribution < -0.4 is 0 Å². The quantitative estimate of drug-likeness (QED) is 0.358. The van der Waals surface area contributed by atoms with Gasteiger partial charge in [0, 0.05) is 5.57 Å². The molecule has 0 radical (unpaired) electrons. The molecule has 1 atom stereocenters. The van der Waals surface area contributed by atoms with Crippen molar-refractivity contribution in [3.63, 3.8) is 0 Å². The summed E-state index contributed by atoms with van der Waals surface area (Å²) in [5, 5.41) is 9.04. The molecule has 0 aliphatic heterocycles. The first-order chi connectivity index (χ1) is 6.72. The van der Waals surface area contributed by atoms with E-state index in [2.05, 4.69) is 15.5 Å². The van der Waals surface area contributed by atoms with Crippen molar-refractivity contribution in [1.82, 2.24) is 0 Å². The first-order valence-electron chi connectivity index (χ1n) is 3.85. The van der Waals surface area contributed by atoms with Gasteiger partial charge in [-0.1, -0.05) is 6.58 Å². The van der Waals surface area contributed by atoms with Crippen molar-refractivity contribution < 1.29 is 31.8 Å². The highest BCUT2D eigenvalue weighted by atomic mass is 32.3. The molecule has 0 aromatic rings. The number of aliphatic hydroxyl groups excluding tert-OH is 1. The maximum atomic E-state index is 10.8. The molecule has 1 unspecified atom stereocenters. The van der Waals surface area contributed by atoms with E-state index < -0.39 is 35.7 Å². The van der Waals surface area contributed by atoms with Gasteiger partial charge in [0.1, 0.15) is 12.7 Å². The highest BCUT2D eigenvalue weighted by molar-refractivity contribution is 7.80. The fourth-order valence-electron chi connectivity index (χ4n) is 0.508. The van der Waals surface area contributed by atoms with E-state index in [4.69, 9.17) is 9.66 Å². The summed E-state index contributed by atoms with van der Waals surface area (Å²) >= 11 is 0. The maximum Gasteiger partial charge on any atom is 0.397 e. The van der Waals surface area contributed by atoms with Gasteiger partial charge in [0.2, 0.25) is 0 Å². The van der Waals surface area contributed by atoms with Gasteiger partial charge < -0.3 is 9.84 Å². The van der Waals surface area contributed by atoms with Crippen molar-refractivity contribution in [2.24, 2.45) is 0 Å². The lowest BCUT2D eigenvalue weighted by Crippen LogP contribution is -2.25. The molecule has 0 aromatic carbocycles. The topological polar surface area (TPSA) is 110 Å². The third-order valence-electron chi connectivity index (χ3n) is 1.16. The van der Waals surface area contributed by atoms with Gasteiger partial charge in [0.15, 0.2) is 0 Å². The fraction of sp³-hybridized carbons (Fsp3) is 0.571. The Balaban J connectivity index is 3.81. The summed E-state index contributed by atoms with van der Waals surface area (Å²) in [6.07, 6.45) is -1.34. The van der Waals surface area contributed by atoms with Gasteiger partial charge in [-0.05, 0) is 6.92 Å². The lowest BCUT2D eigenvalue weighted by molar-refractivity contribution is -0.142. The largest absolute Gasteiger partial charge is 0.460 e. The second kappa shape index (κ2) is 5.81. The zero-order valence-electron chi connectivity index (χ0n) is 8.04. The molecular weight excluding hydrogens is 228 g/mol. The monoisotopic (exact) mass is 240 g/mol. The third-order valence-corrected chi connectivity index (χ3v) is 1.60. The molecule has 15 heavy (non-hydrogen) atoms. The zero-order valence-corrected chi connectivity index (χ0v) is 8.86. The van der Waals surface area contributed by atoms with Crippen LogP contribution in [0.25, 0.3) is 0 Å². The van der Waals surface area contributed by atoms with Gasteiger partial charge >= 0.3 is 16.4 Å². The molecule has 2 N–H and O–H groups in total. The number of aliphatic hydroxyl groups is 1. The summed E-state index contributed by atoms with van der Waals surface area (Å²) < 4.78 is 36.6. The Morgan fingerprint density at radius 3 is 2.40 bits per heavy atom. The Kier molecular flexibility index (Phi) is 5.44. The summed E-state index contributed by atoms with van der Waals surface area (Å²) in [5.41, 5.74) is 0.151. The summed E-state index contributed by atoms with van der Waals surface area (Å²) in [5.74, 6) is -0.707. The Labute approximate surface area is 87.3 Å². The predicted molar refractivity (Wildman–Crippen MR) is 49.3 cm³/mol. The lowest BCUT2D eigenvalue weighted by atomic mass is 10.3. The molecule has 0 saturated carbocycles. The number of rotatable bonds is 6. The Hall–Kier alpha value is -0.960. The molecule has 0 spiro atoms. The molecule has 0 saturated heterocycles. The molecule has 0 aliphatic rings. The molecule has 0 aliphatic carbocycles. The summed E-state index contributed by atoms with van der Waals surface area (Å²) in [6.45, 7) is 3.58. The Morgan fingerprint density at radius 2 is 2.00 bits per heavy atom. The fourth-order valence-corrected chi connectivity index (χ4v) is 0.837.